The topological polar surface area (TPSA) is 80.3 Å². The predicted molar refractivity (Wildman–Crippen MR) is 19.7 cm³/mol. The van der Waals surface area contributed by atoms with Crippen molar-refractivity contribution in [3.05, 3.63) is 0 Å². The second kappa shape index (κ2) is 8.33. The molecule has 0 fully saturated rings. The van der Waals surface area contributed by atoms with Crippen LogP contribution in [0.15, 0.2) is 0 Å². The van der Waals surface area contributed by atoms with E-state index in [1.54, 1.807) is 0 Å². The molecule has 0 unspecified atom stereocenters. The van der Waals surface area contributed by atoms with Crippen LogP contribution < -0.4 is 69.3 Å². The average molecular weight is 182 g/mol. The van der Waals surface area contributed by atoms with Crippen LogP contribution in [0.1, 0.15) is 0 Å². The van der Waals surface area contributed by atoms with Crippen molar-refractivity contribution < 1.29 is 78.9 Å². The summed E-state index contributed by atoms with van der Waals surface area (Å²) in [7, 11) is 0. The van der Waals surface area contributed by atoms with Crippen molar-refractivity contribution in [3.8, 4) is 0 Å². The van der Waals surface area contributed by atoms with E-state index in [-0.39, 0.29) is 59.1 Å². The Morgan fingerprint density at radius 2 is 1.30 bits per heavy atom. The molecule has 0 aliphatic carbocycles. The van der Waals surface area contributed by atoms with Gasteiger partial charge >= 0.3 is 59.1 Å². The van der Waals surface area contributed by atoms with E-state index in [9.17, 15) is 19.8 Å². The zero-order valence-corrected chi connectivity index (χ0v) is 10.3. The van der Waals surface area contributed by atoms with Crippen LogP contribution in [-0.4, -0.2) is 17.3 Å². The molecule has 0 bridgehead atoms. The molecule has 0 aliphatic heterocycles. The van der Waals surface area contributed by atoms with Gasteiger partial charge in [0.25, 0.3) is 0 Å². The van der Waals surface area contributed by atoms with Crippen molar-refractivity contribution in [2.24, 2.45) is 0 Å². The number of carboxylic acids is 2. The summed E-state index contributed by atoms with van der Waals surface area (Å²) < 4.78 is 0. The number of hydrogen-bond acceptors (Lipinski definition) is 4. The number of alkyl halides is 1. The Morgan fingerprint density at radius 3 is 1.30 bits per heavy atom. The maximum absolute atomic E-state index is 9.48. The minimum absolute atomic E-state index is 0. The van der Waals surface area contributed by atoms with E-state index in [2.05, 4.69) is 11.6 Å². The number of halogens is 1. The van der Waals surface area contributed by atoms with Crippen LogP contribution in [0.3, 0.4) is 0 Å². The summed E-state index contributed by atoms with van der Waals surface area (Å²) in [4.78, 5) is 19.0. The molecule has 0 spiro atoms. The number of carboxylic acid groups (broad SMARTS) is 2. The molecule has 0 rings (SSSR count). The van der Waals surface area contributed by atoms with Gasteiger partial charge in [-0.3, -0.25) is 0 Å². The van der Waals surface area contributed by atoms with Crippen LogP contribution in [-0.2, 0) is 9.59 Å². The van der Waals surface area contributed by atoms with Crippen LogP contribution >= 0.6 is 11.6 Å². The van der Waals surface area contributed by atoms with Crippen molar-refractivity contribution in [1.82, 2.24) is 0 Å². The van der Waals surface area contributed by atoms with E-state index in [1.807, 2.05) is 0 Å². The second-order valence-electron chi connectivity index (χ2n) is 1.00. The van der Waals surface area contributed by atoms with Crippen LogP contribution in [0, 0.1) is 0 Å². The Labute approximate surface area is 107 Å². The zero-order valence-electron chi connectivity index (χ0n) is 5.59. The van der Waals surface area contributed by atoms with E-state index in [0.29, 0.717) is 0 Å². The first-order valence-electron chi connectivity index (χ1n) is 1.61. The van der Waals surface area contributed by atoms with Gasteiger partial charge in [0, 0.05) is 0 Å². The quantitative estimate of drug-likeness (QED) is 0.241. The van der Waals surface area contributed by atoms with E-state index in [0.717, 1.165) is 0 Å². The van der Waals surface area contributed by atoms with Crippen molar-refractivity contribution >= 4 is 23.5 Å². The van der Waals surface area contributed by atoms with E-state index in [4.69, 9.17) is 0 Å². The third kappa shape index (κ3) is 7.34. The molecule has 0 atom stereocenters. The first kappa shape index (κ1) is 17.4. The van der Waals surface area contributed by atoms with E-state index in [1.165, 1.54) is 0 Å². The summed E-state index contributed by atoms with van der Waals surface area (Å²) >= 11 is 4.63. The minimum atomic E-state index is -2.05. The van der Waals surface area contributed by atoms with Gasteiger partial charge in [0.1, 0.15) is 5.38 Å². The normalized spacial score (nSPS) is 7.40. The van der Waals surface area contributed by atoms with E-state index < -0.39 is 17.3 Å². The first-order valence-corrected chi connectivity index (χ1v) is 2.05. The predicted octanol–water partition coefficient (Wildman–Crippen LogP) is -8.90. The van der Waals surface area contributed by atoms with Crippen LogP contribution in [0.2, 0.25) is 0 Å². The second-order valence-corrected chi connectivity index (χ2v) is 1.44. The Balaban J connectivity index is -0.000000245. The third-order valence-corrected chi connectivity index (χ3v) is 0.770. The summed E-state index contributed by atoms with van der Waals surface area (Å²) in [5, 5.41) is 16.9. The van der Waals surface area contributed by atoms with Crippen molar-refractivity contribution in [1.29, 1.82) is 0 Å². The molecule has 0 amide bonds. The van der Waals surface area contributed by atoms with Gasteiger partial charge in [-0.15, -0.1) is 11.6 Å². The average Bonchev–Trinajstić information content (AvgIpc) is 1.64. The Hall–Kier alpha value is 1.23. The summed E-state index contributed by atoms with van der Waals surface area (Å²) in [6, 6.07) is 0. The number of rotatable bonds is 2. The number of carbonyl (C=O) groups excluding carboxylic acids is 2. The molecule has 0 aromatic heterocycles. The van der Waals surface area contributed by atoms with Gasteiger partial charge in [-0.2, -0.15) is 0 Å². The molecule has 7 heteroatoms. The van der Waals surface area contributed by atoms with Crippen LogP contribution in [0.4, 0.5) is 0 Å². The maximum atomic E-state index is 9.48. The summed E-state index contributed by atoms with van der Waals surface area (Å²) in [6.07, 6.45) is 0. The molecule has 0 heterocycles. The maximum Gasteiger partial charge on any atom is 1.00 e. The van der Waals surface area contributed by atoms with Gasteiger partial charge in [-0.05, 0) is 0 Å². The molecule has 0 N–H and O–H groups in total. The number of aliphatic carboxylic acids is 2. The zero-order chi connectivity index (χ0) is 6.73. The van der Waals surface area contributed by atoms with Crippen molar-refractivity contribution in [2.75, 3.05) is 0 Å². The molecule has 10 heavy (non-hydrogen) atoms. The molecule has 4 nitrogen and oxygen atoms in total. The van der Waals surface area contributed by atoms with Crippen molar-refractivity contribution in [2.45, 2.75) is 5.38 Å². The first-order chi connectivity index (χ1) is 3.55. The Morgan fingerprint density at radius 1 is 1.10 bits per heavy atom. The van der Waals surface area contributed by atoms with E-state index >= 15 is 0 Å². The van der Waals surface area contributed by atoms with Crippen molar-refractivity contribution in [3.63, 3.8) is 0 Å². The fraction of sp³-hybridized carbons (Fsp3) is 0.333. The van der Waals surface area contributed by atoms with Gasteiger partial charge in [0.15, 0.2) is 0 Å². The molecule has 0 aromatic carbocycles. The fourth-order valence-electron chi connectivity index (χ4n) is 0.0962. The molecule has 0 aromatic rings. The largest absolute Gasteiger partial charge is 1.00 e. The van der Waals surface area contributed by atoms with Gasteiger partial charge in [0.05, 0.1) is 11.9 Å². The molecule has 0 radical (unpaired) electrons. The number of hydrogen-bond donors (Lipinski definition) is 0. The summed E-state index contributed by atoms with van der Waals surface area (Å²) in [6.45, 7) is 0. The van der Waals surface area contributed by atoms with Gasteiger partial charge in [-0.25, -0.2) is 0 Å². The molecular weight excluding hydrogens is 181 g/mol. The fourth-order valence-corrected chi connectivity index (χ4v) is 0.0962. The smallest absolute Gasteiger partial charge is 0.548 e. The molecule has 46 valence electrons. The minimum Gasteiger partial charge on any atom is -0.548 e. The SMILES string of the molecule is O=C([O-])C(Cl)C(=O)[O-].[Na+].[Na+]. The monoisotopic (exact) mass is 182 g/mol. The Bertz CT molecular complexity index is 114. The standard InChI is InChI=1S/C3H3ClO4.2Na/c4-1(2(5)6)3(7)8;;/h1H,(H,5,6)(H,7,8);;/q;2*+1/p-2. The third-order valence-electron chi connectivity index (χ3n) is 0.414. The van der Waals surface area contributed by atoms with Crippen LogP contribution in [0.25, 0.3) is 0 Å². The van der Waals surface area contributed by atoms with Crippen LogP contribution in [0.5, 0.6) is 0 Å². The molecule has 0 aliphatic rings. The summed E-state index contributed by atoms with van der Waals surface area (Å²) in [5.74, 6) is -3.71. The number of carbonyl (C=O) groups is 2. The van der Waals surface area contributed by atoms with Gasteiger partial charge in [-0.1, -0.05) is 0 Å². The molecule has 0 saturated carbocycles. The molecule has 0 saturated heterocycles. The van der Waals surface area contributed by atoms with Gasteiger partial charge < -0.3 is 19.8 Å². The molecular formula is C3HClNa2O4. The van der Waals surface area contributed by atoms with Gasteiger partial charge in [0.2, 0.25) is 0 Å². The Kier molecular flexibility index (Phi) is 14.4. The summed E-state index contributed by atoms with van der Waals surface area (Å²) in [5.41, 5.74) is 0.